The molecule has 128 valence electrons. The van der Waals surface area contributed by atoms with E-state index < -0.39 is 6.10 Å². The van der Waals surface area contributed by atoms with E-state index in [9.17, 15) is 15.0 Å². The molecule has 2 rings (SSSR count). The zero-order valence-electron chi connectivity index (χ0n) is 14.3. The minimum absolute atomic E-state index is 0.126. The van der Waals surface area contributed by atoms with Gasteiger partial charge in [0.1, 0.15) is 30.8 Å². The Labute approximate surface area is 142 Å². The molecule has 0 aliphatic rings. The lowest BCUT2D eigenvalue weighted by molar-refractivity contribution is -0.873. The summed E-state index contributed by atoms with van der Waals surface area (Å²) in [6.45, 7) is 0.678. The van der Waals surface area contributed by atoms with Crippen LogP contribution >= 0.6 is 0 Å². The molecule has 2 aromatic rings. The van der Waals surface area contributed by atoms with Gasteiger partial charge in [-0.1, -0.05) is 30.3 Å². The molecule has 1 unspecified atom stereocenters. The molecule has 0 saturated carbocycles. The first-order chi connectivity index (χ1) is 11.3. The highest BCUT2D eigenvalue weighted by molar-refractivity contribution is 6.10. The molecule has 0 amide bonds. The molecule has 0 radical (unpaired) electrons. The zero-order chi connectivity index (χ0) is 17.7. The first kappa shape index (κ1) is 18.0. The van der Waals surface area contributed by atoms with Crippen molar-refractivity contribution >= 4 is 5.78 Å². The van der Waals surface area contributed by atoms with Gasteiger partial charge >= 0.3 is 0 Å². The minimum atomic E-state index is -0.613. The maximum absolute atomic E-state index is 12.4. The first-order valence-corrected chi connectivity index (χ1v) is 7.80. The van der Waals surface area contributed by atoms with E-state index in [2.05, 4.69) is 0 Å². The van der Waals surface area contributed by atoms with Crippen molar-refractivity contribution in [3.63, 3.8) is 0 Å². The standard InChI is InChI=1S/C19H23NO4/c1-20(2,3)12-15(21)13-24-16-9-10-17(18(22)11-16)19(23)14-7-5-4-6-8-14/h4-11,15,21H,12-13H2,1-3H3/p+1. The van der Waals surface area contributed by atoms with Gasteiger partial charge in [-0.2, -0.15) is 0 Å². The number of hydrogen-bond acceptors (Lipinski definition) is 4. The fourth-order valence-electron chi connectivity index (χ4n) is 2.42. The largest absolute Gasteiger partial charge is 0.507 e. The number of benzene rings is 2. The Kier molecular flexibility index (Phi) is 5.59. The van der Waals surface area contributed by atoms with Crippen LogP contribution in [0.25, 0.3) is 0 Å². The second-order valence-corrected chi connectivity index (χ2v) is 6.81. The summed E-state index contributed by atoms with van der Waals surface area (Å²) in [5, 5.41) is 20.1. The van der Waals surface area contributed by atoms with E-state index in [1.54, 1.807) is 30.3 Å². The first-order valence-electron chi connectivity index (χ1n) is 7.80. The van der Waals surface area contributed by atoms with Gasteiger partial charge in [-0.3, -0.25) is 4.79 Å². The molecular weight excluding hydrogens is 306 g/mol. The number of aliphatic hydroxyl groups excluding tert-OH is 1. The summed E-state index contributed by atoms with van der Waals surface area (Å²) in [5.74, 6) is 0.0322. The molecule has 0 aliphatic carbocycles. The number of carbonyl (C=O) groups is 1. The zero-order valence-corrected chi connectivity index (χ0v) is 14.3. The van der Waals surface area contributed by atoms with Crippen LogP contribution in [0.2, 0.25) is 0 Å². The number of carbonyl (C=O) groups excluding carboxylic acids is 1. The number of hydrogen-bond donors (Lipinski definition) is 2. The number of nitrogens with zero attached hydrogens (tertiary/aromatic N) is 1. The van der Waals surface area contributed by atoms with Crippen LogP contribution < -0.4 is 4.74 Å². The number of phenolic OH excluding ortho intramolecular Hbond substituents is 1. The van der Waals surface area contributed by atoms with E-state index in [0.29, 0.717) is 22.3 Å². The third-order valence-electron chi connectivity index (χ3n) is 3.45. The van der Waals surface area contributed by atoms with E-state index in [1.165, 1.54) is 12.1 Å². The van der Waals surface area contributed by atoms with Crippen LogP contribution in [0.3, 0.4) is 0 Å². The molecule has 0 fully saturated rings. The fourth-order valence-corrected chi connectivity index (χ4v) is 2.42. The number of ketones is 1. The molecule has 0 spiro atoms. The van der Waals surface area contributed by atoms with Gasteiger partial charge in [-0.25, -0.2) is 0 Å². The van der Waals surface area contributed by atoms with E-state index in [1.807, 2.05) is 27.2 Å². The Balaban J connectivity index is 2.03. The van der Waals surface area contributed by atoms with Crippen LogP contribution in [0.5, 0.6) is 11.5 Å². The predicted octanol–water partition coefficient (Wildman–Crippen LogP) is 2.07. The molecule has 0 aliphatic heterocycles. The summed E-state index contributed by atoms with van der Waals surface area (Å²) in [4.78, 5) is 12.4. The van der Waals surface area contributed by atoms with Crippen molar-refractivity contribution in [2.75, 3.05) is 34.3 Å². The van der Waals surface area contributed by atoms with Gasteiger partial charge in [0.05, 0.1) is 26.7 Å². The van der Waals surface area contributed by atoms with Gasteiger partial charge < -0.3 is 19.4 Å². The SMILES string of the molecule is C[N+](C)(C)CC(O)COc1ccc(C(=O)c2ccccc2)c(O)c1. The normalized spacial score (nSPS) is 12.7. The summed E-state index contributed by atoms with van der Waals surface area (Å²) in [5.41, 5.74) is 0.736. The molecule has 0 saturated heterocycles. The minimum Gasteiger partial charge on any atom is -0.507 e. The van der Waals surface area contributed by atoms with Crippen LogP contribution in [-0.2, 0) is 0 Å². The molecule has 0 bridgehead atoms. The molecule has 1 atom stereocenters. The molecule has 0 heterocycles. The van der Waals surface area contributed by atoms with E-state index in [-0.39, 0.29) is 23.7 Å². The average molecular weight is 330 g/mol. The van der Waals surface area contributed by atoms with Crippen LogP contribution in [0.4, 0.5) is 0 Å². The summed E-state index contributed by atoms with van der Waals surface area (Å²) in [6.07, 6.45) is -0.613. The second-order valence-electron chi connectivity index (χ2n) is 6.81. The molecule has 2 aromatic carbocycles. The molecule has 24 heavy (non-hydrogen) atoms. The van der Waals surface area contributed by atoms with Crippen molar-refractivity contribution in [2.45, 2.75) is 6.10 Å². The van der Waals surface area contributed by atoms with Crippen molar-refractivity contribution in [3.05, 3.63) is 59.7 Å². The molecule has 5 heteroatoms. The number of aromatic hydroxyl groups is 1. The lowest BCUT2D eigenvalue weighted by Gasteiger charge is -2.26. The predicted molar refractivity (Wildman–Crippen MR) is 92.4 cm³/mol. The van der Waals surface area contributed by atoms with Gasteiger partial charge in [0.2, 0.25) is 0 Å². The van der Waals surface area contributed by atoms with Crippen LogP contribution in [0, 0.1) is 0 Å². The quantitative estimate of drug-likeness (QED) is 0.602. The Hall–Kier alpha value is -2.37. The fraction of sp³-hybridized carbons (Fsp3) is 0.316. The average Bonchev–Trinajstić information content (AvgIpc) is 2.52. The second kappa shape index (κ2) is 7.47. The highest BCUT2D eigenvalue weighted by atomic mass is 16.5. The molecular formula is C19H24NO4+. The number of phenols is 1. The highest BCUT2D eigenvalue weighted by Gasteiger charge is 2.17. The smallest absolute Gasteiger partial charge is 0.196 e. The maximum Gasteiger partial charge on any atom is 0.196 e. The highest BCUT2D eigenvalue weighted by Crippen LogP contribution is 2.26. The summed E-state index contributed by atoms with van der Waals surface area (Å²) in [7, 11) is 5.96. The van der Waals surface area contributed by atoms with Crippen LogP contribution in [-0.4, -0.2) is 60.9 Å². The number of aliphatic hydroxyl groups is 1. The van der Waals surface area contributed by atoms with E-state index in [0.717, 1.165) is 0 Å². The monoisotopic (exact) mass is 330 g/mol. The molecule has 2 N–H and O–H groups in total. The summed E-state index contributed by atoms with van der Waals surface area (Å²) in [6, 6.07) is 13.3. The topological polar surface area (TPSA) is 66.8 Å². The Morgan fingerprint density at radius 2 is 1.79 bits per heavy atom. The maximum atomic E-state index is 12.4. The van der Waals surface area contributed by atoms with Crippen molar-refractivity contribution < 1.29 is 24.2 Å². The third-order valence-corrected chi connectivity index (χ3v) is 3.45. The van der Waals surface area contributed by atoms with E-state index in [4.69, 9.17) is 4.74 Å². The lowest BCUT2D eigenvalue weighted by Crippen LogP contribution is -2.43. The van der Waals surface area contributed by atoms with Crippen molar-refractivity contribution in [1.29, 1.82) is 0 Å². The van der Waals surface area contributed by atoms with E-state index >= 15 is 0 Å². The summed E-state index contributed by atoms with van der Waals surface area (Å²) < 4.78 is 6.13. The van der Waals surface area contributed by atoms with Crippen LogP contribution in [0.15, 0.2) is 48.5 Å². The number of rotatable bonds is 7. The van der Waals surface area contributed by atoms with Crippen LogP contribution in [0.1, 0.15) is 15.9 Å². The van der Waals surface area contributed by atoms with Gasteiger partial charge in [0, 0.05) is 11.6 Å². The lowest BCUT2D eigenvalue weighted by atomic mass is 10.0. The van der Waals surface area contributed by atoms with Crippen molar-refractivity contribution in [3.8, 4) is 11.5 Å². The van der Waals surface area contributed by atoms with Crippen molar-refractivity contribution in [2.24, 2.45) is 0 Å². The molecule has 5 nitrogen and oxygen atoms in total. The van der Waals surface area contributed by atoms with Gasteiger partial charge in [-0.15, -0.1) is 0 Å². The number of ether oxygens (including phenoxy) is 1. The Morgan fingerprint density at radius 3 is 2.38 bits per heavy atom. The number of likely N-dealkylation sites (N-methyl/N-ethyl adjacent to an activating group) is 1. The third kappa shape index (κ3) is 5.08. The molecule has 0 aromatic heterocycles. The van der Waals surface area contributed by atoms with Gasteiger partial charge in [0.25, 0.3) is 0 Å². The van der Waals surface area contributed by atoms with Crippen molar-refractivity contribution in [1.82, 2.24) is 0 Å². The van der Waals surface area contributed by atoms with Gasteiger partial charge in [-0.05, 0) is 12.1 Å². The Bertz CT molecular complexity index is 692. The summed E-state index contributed by atoms with van der Waals surface area (Å²) >= 11 is 0. The number of quaternary nitrogens is 1. The Morgan fingerprint density at radius 1 is 1.12 bits per heavy atom. The van der Waals surface area contributed by atoms with Gasteiger partial charge in [0.15, 0.2) is 5.78 Å².